The molecule has 0 radical (unpaired) electrons. The number of fused-ring (bicyclic) bond motifs is 2. The fourth-order valence-corrected chi connectivity index (χ4v) is 4.15. The molecule has 2 heterocycles. The number of oxazole rings is 1. The van der Waals surface area contributed by atoms with Crippen LogP contribution in [0.25, 0.3) is 21.9 Å². The van der Waals surface area contributed by atoms with Gasteiger partial charge in [0.05, 0.1) is 16.6 Å². The first-order valence-electron chi connectivity index (χ1n) is 9.43. The third-order valence-corrected chi connectivity index (χ3v) is 5.43. The summed E-state index contributed by atoms with van der Waals surface area (Å²) in [6, 6.07) is 9.46. The highest BCUT2D eigenvalue weighted by Gasteiger charge is 2.24. The van der Waals surface area contributed by atoms with Crippen LogP contribution in [0.15, 0.2) is 54.9 Å². The minimum absolute atomic E-state index is 0.246. The van der Waals surface area contributed by atoms with Crippen LogP contribution in [0.1, 0.15) is 37.1 Å². The zero-order chi connectivity index (χ0) is 21.4. The molecule has 30 heavy (non-hydrogen) atoms. The predicted octanol–water partition coefficient (Wildman–Crippen LogP) is 3.61. The first-order valence-corrected chi connectivity index (χ1v) is 10.2. The Labute approximate surface area is 178 Å². The number of aromatic amines is 1. The monoisotopic (exact) mass is 471 g/mol. The quantitative estimate of drug-likeness (QED) is 0.443. The Kier molecular flexibility index (Phi) is 5.29. The number of aliphatic carboxylic acids is 1. The summed E-state index contributed by atoms with van der Waals surface area (Å²) in [6.07, 6.45) is 1.12. The van der Waals surface area contributed by atoms with Crippen molar-refractivity contribution in [2.75, 3.05) is 0 Å². The minimum atomic E-state index is -1.10. The molecule has 0 spiro atoms. The van der Waals surface area contributed by atoms with Crippen molar-refractivity contribution in [3.63, 3.8) is 0 Å². The van der Waals surface area contributed by atoms with Crippen LogP contribution in [-0.4, -0.2) is 25.8 Å². The highest BCUT2D eigenvalue weighted by Crippen LogP contribution is 2.26. The number of hydrogen-bond acceptors (Lipinski definition) is 5. The standard InChI is InChI=1S/C21H18BrN3O5/c1-2-5-17(20(27)28)25-19(26)14-7-4-3-6-13(14)15(24-25)9-11-8-12(22)10-16-18(11)30-21(29)23-16/h3-4,6-8,10,17H,2,5,9H2,1H3,(H,23,29)(H,27,28). The second-order valence-corrected chi connectivity index (χ2v) is 7.93. The Morgan fingerprint density at radius 1 is 1.27 bits per heavy atom. The number of nitrogens with zero attached hydrogens (tertiary/aromatic N) is 2. The fraction of sp³-hybridized carbons (Fsp3) is 0.238. The molecule has 0 aliphatic carbocycles. The average molecular weight is 472 g/mol. The molecule has 1 atom stereocenters. The minimum Gasteiger partial charge on any atom is -0.480 e. The molecule has 0 bridgehead atoms. The van der Waals surface area contributed by atoms with Crippen LogP contribution in [0, 0.1) is 0 Å². The molecule has 4 aromatic rings. The highest BCUT2D eigenvalue weighted by atomic mass is 79.9. The molecule has 8 nitrogen and oxygen atoms in total. The number of halogens is 1. The van der Waals surface area contributed by atoms with Crippen molar-refractivity contribution in [1.29, 1.82) is 0 Å². The number of benzene rings is 2. The van der Waals surface area contributed by atoms with Crippen molar-refractivity contribution in [2.45, 2.75) is 32.2 Å². The Bertz CT molecular complexity index is 1390. The van der Waals surface area contributed by atoms with Crippen LogP contribution >= 0.6 is 15.9 Å². The molecule has 2 aromatic carbocycles. The van der Waals surface area contributed by atoms with Crippen molar-refractivity contribution in [3.05, 3.63) is 73.0 Å². The van der Waals surface area contributed by atoms with Crippen molar-refractivity contribution in [2.24, 2.45) is 0 Å². The van der Waals surface area contributed by atoms with Crippen LogP contribution in [-0.2, 0) is 11.2 Å². The topological polar surface area (TPSA) is 118 Å². The van der Waals surface area contributed by atoms with E-state index in [-0.39, 0.29) is 12.8 Å². The van der Waals surface area contributed by atoms with E-state index in [4.69, 9.17) is 4.42 Å². The van der Waals surface area contributed by atoms with E-state index in [0.717, 1.165) is 9.15 Å². The first-order chi connectivity index (χ1) is 14.4. The predicted molar refractivity (Wildman–Crippen MR) is 115 cm³/mol. The Morgan fingerprint density at radius 3 is 2.70 bits per heavy atom. The van der Waals surface area contributed by atoms with Crippen molar-refractivity contribution in [1.82, 2.24) is 14.8 Å². The van der Waals surface area contributed by atoms with E-state index in [1.807, 2.05) is 13.0 Å². The lowest BCUT2D eigenvalue weighted by molar-refractivity contribution is -0.141. The third-order valence-electron chi connectivity index (χ3n) is 4.97. The molecule has 0 amide bonds. The Morgan fingerprint density at radius 2 is 2.00 bits per heavy atom. The molecule has 154 valence electrons. The number of nitrogens with one attached hydrogen (secondary N) is 1. The maximum absolute atomic E-state index is 13.0. The number of H-pyrrole nitrogens is 1. The number of carboxylic acid groups (broad SMARTS) is 1. The van der Waals surface area contributed by atoms with Gasteiger partial charge in [-0.2, -0.15) is 5.10 Å². The van der Waals surface area contributed by atoms with E-state index in [1.54, 1.807) is 30.3 Å². The van der Waals surface area contributed by atoms with Crippen LogP contribution in [0.3, 0.4) is 0 Å². The van der Waals surface area contributed by atoms with Crippen LogP contribution in [0.2, 0.25) is 0 Å². The number of aromatic nitrogens is 3. The molecule has 0 aliphatic heterocycles. The van der Waals surface area contributed by atoms with Gasteiger partial charge in [0.15, 0.2) is 11.6 Å². The molecular weight excluding hydrogens is 454 g/mol. The van der Waals surface area contributed by atoms with Gasteiger partial charge in [-0.25, -0.2) is 14.3 Å². The summed E-state index contributed by atoms with van der Waals surface area (Å²) >= 11 is 3.43. The van der Waals surface area contributed by atoms with Gasteiger partial charge in [-0.05, 0) is 24.6 Å². The van der Waals surface area contributed by atoms with E-state index in [2.05, 4.69) is 26.0 Å². The van der Waals surface area contributed by atoms with Crippen LogP contribution < -0.4 is 11.3 Å². The van der Waals surface area contributed by atoms with Gasteiger partial charge in [-0.1, -0.05) is 47.5 Å². The van der Waals surface area contributed by atoms with Gasteiger partial charge >= 0.3 is 11.7 Å². The number of carboxylic acids is 1. The largest absolute Gasteiger partial charge is 0.480 e. The molecule has 1 unspecified atom stereocenters. The van der Waals surface area contributed by atoms with E-state index in [9.17, 15) is 19.5 Å². The van der Waals surface area contributed by atoms with Gasteiger partial charge < -0.3 is 9.52 Å². The second kappa shape index (κ2) is 7.91. The Balaban J connectivity index is 1.95. The van der Waals surface area contributed by atoms with Gasteiger partial charge in [0, 0.05) is 21.8 Å². The van der Waals surface area contributed by atoms with Gasteiger partial charge in [-0.15, -0.1) is 0 Å². The molecular formula is C21H18BrN3O5. The zero-order valence-corrected chi connectivity index (χ0v) is 17.6. The molecule has 0 fully saturated rings. The van der Waals surface area contributed by atoms with Gasteiger partial charge in [0.25, 0.3) is 5.56 Å². The lowest BCUT2D eigenvalue weighted by Crippen LogP contribution is -2.33. The van der Waals surface area contributed by atoms with E-state index in [1.165, 1.54) is 0 Å². The summed E-state index contributed by atoms with van der Waals surface area (Å²) in [7, 11) is 0. The van der Waals surface area contributed by atoms with Crippen LogP contribution in [0.4, 0.5) is 0 Å². The summed E-state index contributed by atoms with van der Waals surface area (Å²) in [6.45, 7) is 1.86. The lowest BCUT2D eigenvalue weighted by Gasteiger charge is -2.16. The maximum atomic E-state index is 13.0. The van der Waals surface area contributed by atoms with Gasteiger partial charge in [-0.3, -0.25) is 9.78 Å². The average Bonchev–Trinajstić information content (AvgIpc) is 3.08. The summed E-state index contributed by atoms with van der Waals surface area (Å²) in [5, 5.41) is 15.1. The molecule has 2 N–H and O–H groups in total. The van der Waals surface area contributed by atoms with E-state index in [0.29, 0.717) is 39.6 Å². The molecule has 4 rings (SSSR count). The number of hydrogen-bond donors (Lipinski definition) is 2. The molecule has 0 aliphatic rings. The van der Waals surface area contributed by atoms with Gasteiger partial charge in [0.1, 0.15) is 0 Å². The third kappa shape index (κ3) is 3.56. The smallest absolute Gasteiger partial charge is 0.417 e. The molecule has 0 saturated heterocycles. The number of rotatable bonds is 6. The summed E-state index contributed by atoms with van der Waals surface area (Å²) < 4.78 is 7.10. The summed E-state index contributed by atoms with van der Waals surface area (Å²) in [5.41, 5.74) is 1.70. The maximum Gasteiger partial charge on any atom is 0.417 e. The van der Waals surface area contributed by atoms with Crippen molar-refractivity contribution in [3.8, 4) is 0 Å². The summed E-state index contributed by atoms with van der Waals surface area (Å²) in [4.78, 5) is 39.1. The SMILES string of the molecule is CCCC(C(=O)O)n1nc(Cc2cc(Br)cc3[nH]c(=O)oc23)c2ccccc2c1=O. The van der Waals surface area contributed by atoms with E-state index < -0.39 is 23.3 Å². The fourth-order valence-electron chi connectivity index (χ4n) is 3.64. The van der Waals surface area contributed by atoms with Gasteiger partial charge in [0.2, 0.25) is 0 Å². The zero-order valence-electron chi connectivity index (χ0n) is 16.0. The van der Waals surface area contributed by atoms with Crippen LogP contribution in [0.5, 0.6) is 0 Å². The molecule has 0 saturated carbocycles. The Hall–Kier alpha value is -3.20. The molecule has 9 heteroatoms. The van der Waals surface area contributed by atoms with Crippen molar-refractivity contribution >= 4 is 43.8 Å². The van der Waals surface area contributed by atoms with E-state index >= 15 is 0 Å². The summed E-state index contributed by atoms with van der Waals surface area (Å²) in [5.74, 6) is -1.67. The lowest BCUT2D eigenvalue weighted by atomic mass is 10.0. The first kappa shape index (κ1) is 20.1. The number of carbonyl (C=O) groups is 1. The normalized spacial score (nSPS) is 12.5. The molecule has 2 aromatic heterocycles. The van der Waals surface area contributed by atoms with Crippen molar-refractivity contribution < 1.29 is 14.3 Å². The highest BCUT2D eigenvalue weighted by molar-refractivity contribution is 9.10. The second-order valence-electron chi connectivity index (χ2n) is 7.02.